The van der Waals surface area contributed by atoms with E-state index in [1.807, 2.05) is 62.4 Å². The Hall–Kier alpha value is -3.35. The van der Waals surface area contributed by atoms with Gasteiger partial charge in [-0.2, -0.15) is 0 Å². The van der Waals surface area contributed by atoms with Gasteiger partial charge in [-0.15, -0.1) is 0 Å². The van der Waals surface area contributed by atoms with E-state index in [-0.39, 0.29) is 18.7 Å². The summed E-state index contributed by atoms with van der Waals surface area (Å²) < 4.78 is 5.73. The van der Waals surface area contributed by atoms with Crippen LogP contribution in [0.4, 0.5) is 0 Å². The number of para-hydroxylation sites is 1. The molecule has 0 aliphatic carbocycles. The van der Waals surface area contributed by atoms with Gasteiger partial charge in [0.15, 0.2) is 6.10 Å². The number of amides is 3. The van der Waals surface area contributed by atoms with Crippen LogP contribution in [-0.4, -0.2) is 23.8 Å². The first-order valence-electron chi connectivity index (χ1n) is 9.61. The van der Waals surface area contributed by atoms with Crippen LogP contribution < -0.4 is 20.9 Å². The maximum absolute atomic E-state index is 12.3. The number of carbonyl (C=O) groups excluding carboxylic acids is 3. The summed E-state index contributed by atoms with van der Waals surface area (Å²) in [5.74, 6) is -0.503. The Morgan fingerprint density at radius 3 is 2.24 bits per heavy atom. The zero-order valence-corrected chi connectivity index (χ0v) is 16.7. The van der Waals surface area contributed by atoms with Crippen molar-refractivity contribution in [2.75, 3.05) is 0 Å². The molecular formula is C22H27N3O4. The van der Waals surface area contributed by atoms with Gasteiger partial charge in [0.05, 0.1) is 0 Å². The van der Waals surface area contributed by atoms with E-state index in [2.05, 4.69) is 16.2 Å². The van der Waals surface area contributed by atoms with Gasteiger partial charge in [-0.1, -0.05) is 55.5 Å². The van der Waals surface area contributed by atoms with Crippen molar-refractivity contribution in [3.8, 4) is 5.75 Å². The van der Waals surface area contributed by atoms with Gasteiger partial charge in [0.25, 0.3) is 5.91 Å². The lowest BCUT2D eigenvalue weighted by Gasteiger charge is -2.18. The number of benzene rings is 2. The van der Waals surface area contributed by atoms with E-state index in [1.165, 1.54) is 0 Å². The van der Waals surface area contributed by atoms with Gasteiger partial charge < -0.3 is 10.1 Å². The fourth-order valence-electron chi connectivity index (χ4n) is 2.55. The molecule has 0 saturated carbocycles. The van der Waals surface area contributed by atoms with Crippen molar-refractivity contribution in [1.29, 1.82) is 0 Å². The van der Waals surface area contributed by atoms with Crippen LogP contribution in [0.3, 0.4) is 0 Å². The van der Waals surface area contributed by atoms with Crippen molar-refractivity contribution in [3.63, 3.8) is 0 Å². The average Bonchev–Trinajstić information content (AvgIpc) is 2.74. The van der Waals surface area contributed by atoms with Crippen LogP contribution in [0.5, 0.6) is 5.75 Å². The van der Waals surface area contributed by atoms with Gasteiger partial charge in [-0.25, -0.2) is 0 Å². The SMILES string of the molecule is CCC(Oc1ccccc1C)C(=O)NNC(=O)CCC(=O)NCc1ccccc1. The van der Waals surface area contributed by atoms with Crippen LogP contribution in [0.2, 0.25) is 0 Å². The molecule has 3 amide bonds. The van der Waals surface area contributed by atoms with Gasteiger partial charge in [0.2, 0.25) is 11.8 Å². The molecule has 0 heterocycles. The fraction of sp³-hybridized carbons (Fsp3) is 0.318. The molecule has 0 bridgehead atoms. The van der Waals surface area contributed by atoms with E-state index in [4.69, 9.17) is 4.74 Å². The second kappa shape index (κ2) is 11.5. The zero-order valence-electron chi connectivity index (χ0n) is 16.7. The molecule has 3 N–H and O–H groups in total. The van der Waals surface area contributed by atoms with E-state index in [0.717, 1.165) is 11.1 Å². The minimum Gasteiger partial charge on any atom is -0.480 e. The van der Waals surface area contributed by atoms with Gasteiger partial charge in [-0.3, -0.25) is 25.2 Å². The highest BCUT2D eigenvalue weighted by Crippen LogP contribution is 2.18. The van der Waals surface area contributed by atoms with Crippen LogP contribution in [0, 0.1) is 6.92 Å². The summed E-state index contributed by atoms with van der Waals surface area (Å²) in [6.45, 7) is 4.12. The molecule has 0 fully saturated rings. The normalized spacial score (nSPS) is 11.2. The Balaban J connectivity index is 1.69. The molecule has 0 aliphatic heterocycles. The molecule has 1 atom stereocenters. The Morgan fingerprint density at radius 1 is 0.897 bits per heavy atom. The maximum atomic E-state index is 12.3. The summed E-state index contributed by atoms with van der Waals surface area (Å²) in [6, 6.07) is 16.9. The molecular weight excluding hydrogens is 370 g/mol. The van der Waals surface area contributed by atoms with Crippen LogP contribution in [0.25, 0.3) is 0 Å². The number of hydrogen-bond acceptors (Lipinski definition) is 4. The lowest BCUT2D eigenvalue weighted by molar-refractivity contribution is -0.133. The van der Waals surface area contributed by atoms with Gasteiger partial charge >= 0.3 is 0 Å². The second-order valence-corrected chi connectivity index (χ2v) is 6.58. The van der Waals surface area contributed by atoms with Crippen LogP contribution in [0.1, 0.15) is 37.3 Å². The number of rotatable bonds is 9. The second-order valence-electron chi connectivity index (χ2n) is 6.58. The van der Waals surface area contributed by atoms with E-state index in [1.54, 1.807) is 6.07 Å². The molecule has 154 valence electrons. The van der Waals surface area contributed by atoms with Crippen molar-refractivity contribution >= 4 is 17.7 Å². The number of hydrogen-bond donors (Lipinski definition) is 3. The highest BCUT2D eigenvalue weighted by Gasteiger charge is 2.19. The fourth-order valence-corrected chi connectivity index (χ4v) is 2.55. The molecule has 2 rings (SSSR count). The molecule has 7 nitrogen and oxygen atoms in total. The van der Waals surface area contributed by atoms with E-state index >= 15 is 0 Å². The minimum absolute atomic E-state index is 0.0314. The first-order chi connectivity index (χ1) is 14.0. The smallest absolute Gasteiger partial charge is 0.279 e. The molecule has 0 radical (unpaired) electrons. The summed E-state index contributed by atoms with van der Waals surface area (Å²) in [6.07, 6.45) is -0.287. The first-order valence-corrected chi connectivity index (χ1v) is 9.61. The molecule has 2 aromatic carbocycles. The summed E-state index contributed by atoms with van der Waals surface area (Å²) in [5.41, 5.74) is 6.59. The number of nitrogens with one attached hydrogen (secondary N) is 3. The van der Waals surface area contributed by atoms with Crippen LogP contribution >= 0.6 is 0 Å². The Labute approximate surface area is 170 Å². The largest absolute Gasteiger partial charge is 0.480 e. The maximum Gasteiger partial charge on any atom is 0.279 e. The monoisotopic (exact) mass is 397 g/mol. The number of ether oxygens (including phenoxy) is 1. The summed E-state index contributed by atoms with van der Waals surface area (Å²) in [7, 11) is 0. The lowest BCUT2D eigenvalue weighted by atomic mass is 10.2. The lowest BCUT2D eigenvalue weighted by Crippen LogP contribution is -2.48. The van der Waals surface area contributed by atoms with Gasteiger partial charge in [-0.05, 0) is 30.5 Å². The standard InChI is InChI=1S/C22H27N3O4/c1-3-18(29-19-12-8-7-9-16(19)2)22(28)25-24-21(27)14-13-20(26)23-15-17-10-5-4-6-11-17/h4-12,18H,3,13-15H2,1-2H3,(H,23,26)(H,24,27)(H,25,28). The van der Waals surface area contributed by atoms with Crippen molar-refractivity contribution in [2.45, 2.75) is 45.8 Å². The average molecular weight is 397 g/mol. The van der Waals surface area contributed by atoms with Gasteiger partial charge in [0.1, 0.15) is 5.75 Å². The Morgan fingerprint density at radius 2 is 1.55 bits per heavy atom. The van der Waals surface area contributed by atoms with Gasteiger partial charge in [0, 0.05) is 19.4 Å². The summed E-state index contributed by atoms with van der Waals surface area (Å²) in [5, 5.41) is 2.75. The molecule has 29 heavy (non-hydrogen) atoms. The third-order valence-electron chi connectivity index (χ3n) is 4.26. The molecule has 0 aromatic heterocycles. The van der Waals surface area contributed by atoms with E-state index in [9.17, 15) is 14.4 Å². The zero-order chi connectivity index (χ0) is 21.1. The highest BCUT2D eigenvalue weighted by atomic mass is 16.5. The molecule has 1 unspecified atom stereocenters. The third-order valence-corrected chi connectivity index (χ3v) is 4.26. The molecule has 0 aliphatic rings. The van der Waals surface area contributed by atoms with Crippen molar-refractivity contribution in [2.24, 2.45) is 0 Å². The number of aryl methyl sites for hydroxylation is 1. The topological polar surface area (TPSA) is 96.5 Å². The molecule has 7 heteroatoms. The first kappa shape index (κ1) is 21.9. The quantitative estimate of drug-likeness (QED) is 0.566. The van der Waals surface area contributed by atoms with Crippen molar-refractivity contribution in [1.82, 2.24) is 16.2 Å². The van der Waals surface area contributed by atoms with E-state index < -0.39 is 17.9 Å². The minimum atomic E-state index is -0.731. The van der Waals surface area contributed by atoms with Crippen molar-refractivity contribution in [3.05, 3.63) is 65.7 Å². The predicted molar refractivity (Wildman–Crippen MR) is 110 cm³/mol. The number of hydrazine groups is 1. The third kappa shape index (κ3) is 7.65. The summed E-state index contributed by atoms with van der Waals surface area (Å²) in [4.78, 5) is 36.0. The summed E-state index contributed by atoms with van der Waals surface area (Å²) >= 11 is 0. The predicted octanol–water partition coefficient (Wildman–Crippen LogP) is 2.40. The Bertz CT molecular complexity index is 824. The van der Waals surface area contributed by atoms with E-state index in [0.29, 0.717) is 18.7 Å². The number of carbonyl (C=O) groups is 3. The van der Waals surface area contributed by atoms with Crippen molar-refractivity contribution < 1.29 is 19.1 Å². The highest BCUT2D eigenvalue weighted by molar-refractivity contribution is 5.87. The van der Waals surface area contributed by atoms with Crippen LogP contribution in [0.15, 0.2) is 54.6 Å². The Kier molecular flexibility index (Phi) is 8.69. The molecule has 0 spiro atoms. The molecule has 2 aromatic rings. The van der Waals surface area contributed by atoms with Crippen LogP contribution in [-0.2, 0) is 20.9 Å². The molecule has 0 saturated heterocycles.